The SMILES string of the molecule is O=C(Nc1cnn(S(=O)(=O)c2ccc3c(c2)OCCCO3)c1)c1ccccn1. The van der Waals surface area contributed by atoms with Gasteiger partial charge >= 0.3 is 0 Å². The summed E-state index contributed by atoms with van der Waals surface area (Å²) in [5.41, 5.74) is 0.439. The molecule has 0 radical (unpaired) electrons. The van der Waals surface area contributed by atoms with E-state index in [1.54, 1.807) is 24.3 Å². The highest BCUT2D eigenvalue weighted by Crippen LogP contribution is 2.32. The molecule has 0 saturated carbocycles. The molecule has 10 heteroatoms. The van der Waals surface area contributed by atoms with Crippen molar-refractivity contribution in [2.75, 3.05) is 18.5 Å². The third-order valence-corrected chi connectivity index (χ3v) is 5.52. The third-order valence-electron chi connectivity index (χ3n) is 3.98. The predicted octanol–water partition coefficient (Wildman–Crippen LogP) is 1.93. The van der Waals surface area contributed by atoms with E-state index in [2.05, 4.69) is 15.4 Å². The van der Waals surface area contributed by atoms with Gasteiger partial charge in [-0.15, -0.1) is 0 Å². The second-order valence-electron chi connectivity index (χ2n) is 5.93. The average Bonchev–Trinajstić information content (AvgIpc) is 3.05. The number of amides is 1. The van der Waals surface area contributed by atoms with Gasteiger partial charge in [0.25, 0.3) is 15.9 Å². The van der Waals surface area contributed by atoms with E-state index < -0.39 is 15.9 Å². The fraction of sp³-hybridized carbons (Fsp3) is 0.167. The Morgan fingerprint density at radius 1 is 1.11 bits per heavy atom. The monoisotopic (exact) mass is 400 g/mol. The zero-order chi connectivity index (χ0) is 19.6. The van der Waals surface area contributed by atoms with Crippen molar-refractivity contribution >= 4 is 21.6 Å². The molecular weight excluding hydrogens is 384 g/mol. The van der Waals surface area contributed by atoms with Gasteiger partial charge in [-0.05, 0) is 24.3 Å². The van der Waals surface area contributed by atoms with Crippen LogP contribution < -0.4 is 14.8 Å². The largest absolute Gasteiger partial charge is 0.490 e. The van der Waals surface area contributed by atoms with Crippen LogP contribution in [-0.2, 0) is 10.0 Å². The maximum absolute atomic E-state index is 12.9. The van der Waals surface area contributed by atoms with Crippen molar-refractivity contribution in [2.45, 2.75) is 11.3 Å². The number of carbonyl (C=O) groups excluding carboxylic acids is 1. The molecule has 1 aromatic carbocycles. The Bertz CT molecular complexity index is 1110. The number of fused-ring (bicyclic) bond motifs is 1. The molecule has 0 aliphatic carbocycles. The van der Waals surface area contributed by atoms with Crippen molar-refractivity contribution in [3.05, 3.63) is 60.7 Å². The van der Waals surface area contributed by atoms with Crippen molar-refractivity contribution in [3.63, 3.8) is 0 Å². The molecule has 1 aliphatic heterocycles. The molecule has 1 N–H and O–H groups in total. The van der Waals surface area contributed by atoms with Gasteiger partial charge in [-0.2, -0.15) is 17.6 Å². The van der Waals surface area contributed by atoms with E-state index in [4.69, 9.17) is 9.47 Å². The second-order valence-corrected chi connectivity index (χ2v) is 7.73. The number of nitrogens with one attached hydrogen (secondary N) is 1. The van der Waals surface area contributed by atoms with Gasteiger partial charge in [0.15, 0.2) is 11.5 Å². The quantitative estimate of drug-likeness (QED) is 0.712. The highest BCUT2D eigenvalue weighted by atomic mass is 32.2. The zero-order valence-electron chi connectivity index (χ0n) is 14.6. The maximum atomic E-state index is 12.9. The second kappa shape index (κ2) is 7.31. The number of anilines is 1. The summed E-state index contributed by atoms with van der Waals surface area (Å²) in [5.74, 6) is 0.405. The molecule has 28 heavy (non-hydrogen) atoms. The van der Waals surface area contributed by atoms with Crippen molar-refractivity contribution in [3.8, 4) is 11.5 Å². The van der Waals surface area contributed by atoms with E-state index in [-0.39, 0.29) is 16.3 Å². The minimum Gasteiger partial charge on any atom is -0.490 e. The molecule has 4 rings (SSSR count). The average molecular weight is 400 g/mol. The summed E-state index contributed by atoms with van der Waals surface area (Å²) < 4.78 is 37.6. The molecular formula is C18H16N4O5S. The Balaban J connectivity index is 1.57. The van der Waals surface area contributed by atoms with Crippen molar-refractivity contribution in [2.24, 2.45) is 0 Å². The topological polar surface area (TPSA) is 112 Å². The van der Waals surface area contributed by atoms with Gasteiger partial charge in [-0.1, -0.05) is 6.07 Å². The first kappa shape index (κ1) is 18.0. The molecule has 0 bridgehead atoms. The van der Waals surface area contributed by atoms with Crippen LogP contribution in [0, 0.1) is 0 Å². The van der Waals surface area contributed by atoms with E-state index in [9.17, 15) is 13.2 Å². The van der Waals surface area contributed by atoms with Crippen molar-refractivity contribution in [1.29, 1.82) is 0 Å². The molecule has 0 saturated heterocycles. The molecule has 0 spiro atoms. The van der Waals surface area contributed by atoms with Gasteiger partial charge in [0.05, 0.1) is 36.2 Å². The fourth-order valence-electron chi connectivity index (χ4n) is 2.61. The normalized spacial score (nSPS) is 13.6. The summed E-state index contributed by atoms with van der Waals surface area (Å²) >= 11 is 0. The summed E-state index contributed by atoms with van der Waals surface area (Å²) in [6, 6.07) is 9.31. The number of hydrogen-bond acceptors (Lipinski definition) is 7. The summed E-state index contributed by atoms with van der Waals surface area (Å²) in [6.07, 6.45) is 4.68. The standard InChI is InChI=1S/C18H16N4O5S/c23-18(15-4-1-2-7-19-15)21-13-11-20-22(12-13)28(24,25)14-5-6-16-17(10-14)27-9-3-8-26-16/h1-2,4-7,10-12H,3,8-9H2,(H,21,23). The molecule has 3 aromatic rings. The minimum absolute atomic E-state index is 0.00227. The van der Waals surface area contributed by atoms with Crippen LogP contribution in [0.15, 0.2) is 59.9 Å². The van der Waals surface area contributed by atoms with Gasteiger partial charge in [0, 0.05) is 18.7 Å². The lowest BCUT2D eigenvalue weighted by atomic mass is 10.3. The number of pyridine rings is 1. The molecule has 1 aliphatic rings. The number of aromatic nitrogens is 3. The summed E-state index contributed by atoms with van der Waals surface area (Å²) in [5, 5.41) is 6.43. The van der Waals surface area contributed by atoms with Crippen LogP contribution in [-0.4, -0.2) is 41.7 Å². The van der Waals surface area contributed by atoms with Crippen LogP contribution in [0.25, 0.3) is 0 Å². The van der Waals surface area contributed by atoms with Crippen LogP contribution in [0.3, 0.4) is 0 Å². The van der Waals surface area contributed by atoms with Gasteiger partial charge in [-0.25, -0.2) is 0 Å². The molecule has 144 valence electrons. The minimum atomic E-state index is -3.96. The van der Waals surface area contributed by atoms with E-state index >= 15 is 0 Å². The smallest absolute Gasteiger partial charge is 0.283 e. The van der Waals surface area contributed by atoms with Crippen LogP contribution in [0.4, 0.5) is 5.69 Å². The predicted molar refractivity (Wildman–Crippen MR) is 99.1 cm³/mol. The number of hydrogen-bond donors (Lipinski definition) is 1. The lowest BCUT2D eigenvalue weighted by molar-refractivity contribution is 0.102. The number of rotatable bonds is 4. The highest BCUT2D eigenvalue weighted by molar-refractivity contribution is 7.89. The van der Waals surface area contributed by atoms with E-state index in [0.717, 1.165) is 10.5 Å². The van der Waals surface area contributed by atoms with Crippen LogP contribution >= 0.6 is 0 Å². The first-order valence-electron chi connectivity index (χ1n) is 8.46. The van der Waals surface area contributed by atoms with Crippen molar-refractivity contribution < 1.29 is 22.7 Å². The Labute approximate surface area is 161 Å². The van der Waals surface area contributed by atoms with Crippen LogP contribution in [0.2, 0.25) is 0 Å². The first-order chi connectivity index (χ1) is 13.5. The third kappa shape index (κ3) is 3.54. The fourth-order valence-corrected chi connectivity index (χ4v) is 3.74. The van der Waals surface area contributed by atoms with Gasteiger partial charge < -0.3 is 14.8 Å². The van der Waals surface area contributed by atoms with Gasteiger partial charge in [-0.3, -0.25) is 9.78 Å². The van der Waals surface area contributed by atoms with Crippen LogP contribution in [0.1, 0.15) is 16.9 Å². The van der Waals surface area contributed by atoms with E-state index in [1.807, 2.05) is 0 Å². The Morgan fingerprint density at radius 3 is 2.71 bits per heavy atom. The Morgan fingerprint density at radius 2 is 1.93 bits per heavy atom. The van der Waals surface area contributed by atoms with E-state index in [1.165, 1.54) is 30.7 Å². The molecule has 1 amide bonds. The molecule has 0 atom stereocenters. The number of ether oxygens (including phenoxy) is 2. The van der Waals surface area contributed by atoms with Gasteiger partial charge in [0.2, 0.25) is 0 Å². The molecule has 0 fully saturated rings. The summed E-state index contributed by atoms with van der Waals surface area (Å²) in [6.45, 7) is 0.958. The first-order valence-corrected chi connectivity index (χ1v) is 9.90. The summed E-state index contributed by atoms with van der Waals surface area (Å²) in [4.78, 5) is 16.1. The number of carbonyl (C=O) groups is 1. The Hall–Kier alpha value is -3.40. The number of benzene rings is 1. The summed E-state index contributed by atoms with van der Waals surface area (Å²) in [7, 11) is -3.96. The number of nitrogens with zero attached hydrogens (tertiary/aromatic N) is 3. The zero-order valence-corrected chi connectivity index (χ0v) is 15.4. The molecule has 2 aromatic heterocycles. The van der Waals surface area contributed by atoms with Crippen molar-refractivity contribution in [1.82, 2.24) is 14.2 Å². The van der Waals surface area contributed by atoms with Gasteiger partial charge in [0.1, 0.15) is 5.69 Å². The lowest BCUT2D eigenvalue weighted by Crippen LogP contribution is -2.15. The van der Waals surface area contributed by atoms with Crippen LogP contribution in [0.5, 0.6) is 11.5 Å². The highest BCUT2D eigenvalue weighted by Gasteiger charge is 2.22. The molecule has 3 heterocycles. The maximum Gasteiger partial charge on any atom is 0.283 e. The molecule has 9 nitrogen and oxygen atoms in total. The van der Waals surface area contributed by atoms with E-state index in [0.29, 0.717) is 24.7 Å². The Kier molecular flexibility index (Phi) is 4.70. The lowest BCUT2D eigenvalue weighted by Gasteiger charge is -2.10. The molecule has 0 unspecified atom stereocenters.